The number of aryl methyl sites for hydroxylation is 1. The van der Waals surface area contributed by atoms with Gasteiger partial charge in [-0.2, -0.15) is 0 Å². The Morgan fingerprint density at radius 2 is 1.83 bits per heavy atom. The van der Waals surface area contributed by atoms with Crippen molar-refractivity contribution in [3.8, 4) is 11.1 Å². The fourth-order valence-corrected chi connectivity index (χ4v) is 4.28. The van der Waals surface area contributed by atoms with Gasteiger partial charge < -0.3 is 14.9 Å². The lowest BCUT2D eigenvalue weighted by atomic mass is 9.95. The zero-order chi connectivity index (χ0) is 19.8. The third kappa shape index (κ3) is 3.33. The van der Waals surface area contributed by atoms with Crippen molar-refractivity contribution >= 4 is 16.8 Å². The third-order valence-electron chi connectivity index (χ3n) is 5.92. The van der Waals surface area contributed by atoms with Crippen LogP contribution in [0, 0.1) is 6.92 Å². The molecule has 5 rings (SSSR count). The van der Waals surface area contributed by atoms with Crippen LogP contribution in [0.5, 0.6) is 0 Å². The number of fused-ring (bicyclic) bond motifs is 1. The molecule has 0 unspecified atom stereocenters. The molecule has 0 spiro atoms. The van der Waals surface area contributed by atoms with E-state index in [4.69, 9.17) is 0 Å². The number of nitrogens with zero attached hydrogens (tertiary/aromatic N) is 2. The van der Waals surface area contributed by atoms with Crippen LogP contribution < -0.4 is 0 Å². The number of carbonyl (C=O) groups is 1. The number of aromatic nitrogens is 3. The molecule has 1 fully saturated rings. The molecule has 0 atom stereocenters. The molecule has 0 radical (unpaired) electrons. The first-order valence-corrected chi connectivity index (χ1v) is 10.2. The molecular formula is C24H24N4O. The van der Waals surface area contributed by atoms with Gasteiger partial charge in [0.05, 0.1) is 0 Å². The lowest BCUT2D eigenvalue weighted by Gasteiger charge is -2.31. The van der Waals surface area contributed by atoms with E-state index in [2.05, 4.69) is 27.1 Å². The summed E-state index contributed by atoms with van der Waals surface area (Å²) < 4.78 is 0. The average Bonchev–Trinajstić information content (AvgIpc) is 3.40. The number of likely N-dealkylation sites (tertiary alicyclic amines) is 1. The van der Waals surface area contributed by atoms with Gasteiger partial charge in [-0.3, -0.25) is 4.79 Å². The number of amides is 1. The fourth-order valence-electron chi connectivity index (χ4n) is 4.28. The quantitative estimate of drug-likeness (QED) is 0.528. The Balaban J connectivity index is 1.28. The first kappa shape index (κ1) is 17.7. The molecule has 1 amide bonds. The van der Waals surface area contributed by atoms with Crippen LogP contribution in [0.4, 0.5) is 0 Å². The summed E-state index contributed by atoms with van der Waals surface area (Å²) in [5, 5.41) is 1.20. The van der Waals surface area contributed by atoms with Crippen molar-refractivity contribution in [2.75, 3.05) is 13.1 Å². The molecule has 1 aliphatic rings. The molecule has 0 aliphatic carbocycles. The van der Waals surface area contributed by atoms with Gasteiger partial charge in [-0.25, -0.2) is 4.98 Å². The van der Waals surface area contributed by atoms with E-state index in [1.54, 1.807) is 0 Å². The number of benzene rings is 2. The summed E-state index contributed by atoms with van der Waals surface area (Å²) in [5.41, 5.74) is 5.24. The van der Waals surface area contributed by atoms with Gasteiger partial charge >= 0.3 is 0 Å². The summed E-state index contributed by atoms with van der Waals surface area (Å²) in [6.45, 7) is 3.57. The highest BCUT2D eigenvalue weighted by Crippen LogP contribution is 2.30. The highest BCUT2D eigenvalue weighted by molar-refractivity contribution is 5.97. The summed E-state index contributed by atoms with van der Waals surface area (Å²) in [6, 6.07) is 16.2. The number of hydrogen-bond acceptors (Lipinski definition) is 2. The molecule has 2 aromatic carbocycles. The Kier molecular flexibility index (Phi) is 4.43. The van der Waals surface area contributed by atoms with Crippen molar-refractivity contribution in [2.24, 2.45) is 0 Å². The van der Waals surface area contributed by atoms with Crippen molar-refractivity contribution in [2.45, 2.75) is 25.7 Å². The molecule has 3 heterocycles. The molecule has 2 aromatic heterocycles. The van der Waals surface area contributed by atoms with E-state index < -0.39 is 0 Å². The molecule has 2 N–H and O–H groups in total. The minimum absolute atomic E-state index is 0.115. The van der Waals surface area contributed by atoms with Crippen molar-refractivity contribution in [3.63, 3.8) is 0 Å². The van der Waals surface area contributed by atoms with Crippen LogP contribution in [0.15, 0.2) is 60.9 Å². The molecule has 0 saturated carbocycles. The maximum atomic E-state index is 13.0. The molecule has 1 aliphatic heterocycles. The highest BCUT2D eigenvalue weighted by atomic mass is 16.2. The Labute approximate surface area is 169 Å². The van der Waals surface area contributed by atoms with Crippen LogP contribution in [0.25, 0.3) is 22.0 Å². The van der Waals surface area contributed by atoms with Gasteiger partial charge in [0.25, 0.3) is 5.91 Å². The zero-order valence-corrected chi connectivity index (χ0v) is 16.5. The SMILES string of the molecule is Cc1cnc(C2CCN(C(=O)c3ccc(-c4c[nH]c5ccccc45)cc3)CC2)[nH]1. The monoisotopic (exact) mass is 384 g/mol. The number of rotatable bonds is 3. The second-order valence-electron chi connectivity index (χ2n) is 7.84. The number of aromatic amines is 2. The number of hydrogen-bond donors (Lipinski definition) is 2. The van der Waals surface area contributed by atoms with E-state index in [1.165, 1.54) is 5.39 Å². The number of para-hydroxylation sites is 1. The molecular weight excluding hydrogens is 360 g/mol. The number of piperidine rings is 1. The van der Waals surface area contributed by atoms with Gasteiger partial charge in [0.2, 0.25) is 0 Å². The minimum atomic E-state index is 0.115. The molecule has 146 valence electrons. The molecule has 1 saturated heterocycles. The van der Waals surface area contributed by atoms with Crippen LogP contribution in [-0.2, 0) is 0 Å². The van der Waals surface area contributed by atoms with Gasteiger partial charge in [0.15, 0.2) is 0 Å². The largest absolute Gasteiger partial charge is 0.361 e. The number of H-pyrrole nitrogens is 2. The van der Waals surface area contributed by atoms with E-state index in [0.29, 0.717) is 5.92 Å². The van der Waals surface area contributed by atoms with Gasteiger partial charge in [-0.1, -0.05) is 30.3 Å². The summed E-state index contributed by atoms with van der Waals surface area (Å²) in [4.78, 5) is 26.0. The second-order valence-corrected chi connectivity index (χ2v) is 7.84. The summed E-state index contributed by atoms with van der Waals surface area (Å²) in [6.07, 6.45) is 5.81. The molecule has 0 bridgehead atoms. The van der Waals surface area contributed by atoms with Crippen LogP contribution in [0.2, 0.25) is 0 Å². The van der Waals surface area contributed by atoms with Gasteiger partial charge in [-0.05, 0) is 43.5 Å². The summed E-state index contributed by atoms with van der Waals surface area (Å²) in [5.74, 6) is 1.58. The normalized spacial score (nSPS) is 15.1. The van der Waals surface area contributed by atoms with Gasteiger partial charge in [-0.15, -0.1) is 0 Å². The van der Waals surface area contributed by atoms with E-state index in [9.17, 15) is 4.79 Å². The number of imidazole rings is 1. The predicted molar refractivity (Wildman–Crippen MR) is 115 cm³/mol. The van der Waals surface area contributed by atoms with Crippen molar-refractivity contribution < 1.29 is 4.79 Å². The highest BCUT2D eigenvalue weighted by Gasteiger charge is 2.26. The van der Waals surface area contributed by atoms with Crippen LogP contribution in [-0.4, -0.2) is 38.8 Å². The first-order chi connectivity index (χ1) is 14.2. The van der Waals surface area contributed by atoms with Crippen molar-refractivity contribution in [3.05, 3.63) is 78.0 Å². The Hall–Kier alpha value is -3.34. The smallest absolute Gasteiger partial charge is 0.253 e. The second kappa shape index (κ2) is 7.24. The topological polar surface area (TPSA) is 64.8 Å². The van der Waals surface area contributed by atoms with E-state index in [1.807, 2.05) is 60.6 Å². The van der Waals surface area contributed by atoms with Crippen LogP contribution in [0.3, 0.4) is 0 Å². The van der Waals surface area contributed by atoms with Gasteiger partial charge in [0.1, 0.15) is 5.82 Å². The maximum Gasteiger partial charge on any atom is 0.253 e. The molecule has 4 aromatic rings. The Bertz CT molecular complexity index is 1150. The summed E-state index contributed by atoms with van der Waals surface area (Å²) in [7, 11) is 0. The van der Waals surface area contributed by atoms with Crippen molar-refractivity contribution in [1.82, 2.24) is 19.9 Å². The standard InChI is InChI=1S/C24H24N4O/c1-16-14-26-23(27-16)18-10-12-28(13-11-18)24(29)19-8-6-17(7-9-19)21-15-25-22-5-3-2-4-20(21)22/h2-9,14-15,18,25H,10-13H2,1H3,(H,26,27). The van der Waals surface area contributed by atoms with Gasteiger partial charge in [0, 0.05) is 59.1 Å². The number of nitrogens with one attached hydrogen (secondary N) is 2. The minimum Gasteiger partial charge on any atom is -0.361 e. The van der Waals surface area contributed by atoms with E-state index in [-0.39, 0.29) is 5.91 Å². The molecule has 5 nitrogen and oxygen atoms in total. The Morgan fingerprint density at radius 1 is 1.07 bits per heavy atom. The summed E-state index contributed by atoms with van der Waals surface area (Å²) >= 11 is 0. The molecule has 29 heavy (non-hydrogen) atoms. The number of carbonyl (C=O) groups excluding carboxylic acids is 1. The fraction of sp³-hybridized carbons (Fsp3) is 0.250. The van der Waals surface area contributed by atoms with Crippen LogP contribution in [0.1, 0.15) is 40.6 Å². The van der Waals surface area contributed by atoms with E-state index in [0.717, 1.165) is 59.7 Å². The first-order valence-electron chi connectivity index (χ1n) is 10.2. The predicted octanol–water partition coefficient (Wildman–Crippen LogP) is 4.89. The lowest BCUT2D eigenvalue weighted by Crippen LogP contribution is -2.38. The average molecular weight is 384 g/mol. The Morgan fingerprint density at radius 3 is 2.55 bits per heavy atom. The zero-order valence-electron chi connectivity index (χ0n) is 16.5. The van der Waals surface area contributed by atoms with E-state index >= 15 is 0 Å². The maximum absolute atomic E-state index is 13.0. The lowest BCUT2D eigenvalue weighted by molar-refractivity contribution is 0.0711. The van der Waals surface area contributed by atoms with Crippen molar-refractivity contribution in [1.29, 1.82) is 0 Å². The van der Waals surface area contributed by atoms with Crippen LogP contribution >= 0.6 is 0 Å². The molecule has 5 heteroatoms. The third-order valence-corrected chi connectivity index (χ3v) is 5.92.